The van der Waals surface area contributed by atoms with Crippen LogP contribution in [0.5, 0.6) is 17.2 Å². The maximum absolute atomic E-state index is 14.0. The molecule has 8 rings (SSSR count). The highest BCUT2D eigenvalue weighted by Crippen LogP contribution is 2.68. The van der Waals surface area contributed by atoms with Gasteiger partial charge in [-0.25, -0.2) is 0 Å². The van der Waals surface area contributed by atoms with Crippen LogP contribution in [0.2, 0.25) is 0 Å². The monoisotopic (exact) mass is 663 g/mol. The van der Waals surface area contributed by atoms with Crippen LogP contribution in [0.15, 0.2) is 52.3 Å². The molecule has 2 bridgehead atoms. The first kappa shape index (κ1) is 29.6. The number of ether oxygens (including phenoxy) is 4. The van der Waals surface area contributed by atoms with Gasteiger partial charge in [0, 0.05) is 29.1 Å². The van der Waals surface area contributed by atoms with Crippen LogP contribution in [0.4, 0.5) is 5.69 Å². The van der Waals surface area contributed by atoms with Crippen molar-refractivity contribution in [2.75, 3.05) is 52.0 Å². The molecular formula is C33H33N3O8S2. The molecule has 240 valence electrons. The second-order valence-electron chi connectivity index (χ2n) is 12.4. The highest BCUT2D eigenvalue weighted by molar-refractivity contribution is 8.00. The number of nitrogens with one attached hydrogen (secondary N) is 1. The molecule has 5 aliphatic rings. The van der Waals surface area contributed by atoms with Gasteiger partial charge < -0.3 is 28.8 Å². The van der Waals surface area contributed by atoms with Gasteiger partial charge in [-0.3, -0.25) is 24.1 Å². The number of H-pyrrole nitrogens is 1. The van der Waals surface area contributed by atoms with Crippen LogP contribution in [0, 0.1) is 29.6 Å². The van der Waals surface area contributed by atoms with Gasteiger partial charge in [0.25, 0.3) is 5.91 Å². The Labute approximate surface area is 273 Å². The van der Waals surface area contributed by atoms with Gasteiger partial charge in [-0.15, -0.1) is 11.8 Å². The van der Waals surface area contributed by atoms with Crippen molar-refractivity contribution < 1.29 is 33.3 Å². The van der Waals surface area contributed by atoms with E-state index < -0.39 is 5.92 Å². The van der Waals surface area contributed by atoms with Gasteiger partial charge in [0.1, 0.15) is 5.75 Å². The van der Waals surface area contributed by atoms with Crippen LogP contribution in [0.25, 0.3) is 0 Å². The summed E-state index contributed by atoms with van der Waals surface area (Å²) in [5.41, 5.74) is 1.51. The first-order chi connectivity index (χ1) is 22.4. The lowest BCUT2D eigenvalue weighted by atomic mass is 9.68. The minimum atomic E-state index is -0.406. The summed E-state index contributed by atoms with van der Waals surface area (Å²) in [6.45, 7) is 2.00. The van der Waals surface area contributed by atoms with Crippen molar-refractivity contribution in [2.24, 2.45) is 29.6 Å². The number of hydrogen-bond acceptors (Lipinski definition) is 10. The Balaban J connectivity index is 1.11. The molecule has 4 heterocycles. The van der Waals surface area contributed by atoms with E-state index in [1.807, 2.05) is 18.2 Å². The Morgan fingerprint density at radius 1 is 0.957 bits per heavy atom. The molecule has 13 heteroatoms. The van der Waals surface area contributed by atoms with Crippen LogP contribution in [-0.2, 0) is 19.1 Å². The largest absolute Gasteiger partial charge is 0.497 e. The third-order valence-electron chi connectivity index (χ3n) is 10.3. The van der Waals surface area contributed by atoms with Gasteiger partial charge >= 0.3 is 4.87 Å². The lowest BCUT2D eigenvalue weighted by molar-refractivity contribution is -0.137. The van der Waals surface area contributed by atoms with E-state index in [9.17, 15) is 19.2 Å². The van der Waals surface area contributed by atoms with E-state index in [0.29, 0.717) is 49.2 Å². The molecule has 0 spiro atoms. The number of benzene rings is 2. The number of methoxy groups -OCH3 is 2. The van der Waals surface area contributed by atoms with Crippen LogP contribution >= 0.6 is 23.1 Å². The molecule has 0 radical (unpaired) electrons. The maximum Gasteiger partial charge on any atom is 0.305 e. The minimum Gasteiger partial charge on any atom is -0.497 e. The number of imide groups is 1. The third kappa shape index (κ3) is 4.57. The number of amides is 3. The summed E-state index contributed by atoms with van der Waals surface area (Å²) >= 11 is 2.86. The molecule has 4 fully saturated rings. The van der Waals surface area contributed by atoms with Crippen molar-refractivity contribution >= 4 is 46.5 Å². The molecule has 3 aliphatic heterocycles. The minimum absolute atomic E-state index is 0.0134. The summed E-state index contributed by atoms with van der Waals surface area (Å²) in [6.07, 6.45) is 0.795. The maximum atomic E-state index is 14.0. The zero-order valence-electron chi connectivity index (χ0n) is 25.3. The smallest absolute Gasteiger partial charge is 0.305 e. The van der Waals surface area contributed by atoms with Crippen LogP contribution in [0.3, 0.4) is 0 Å². The summed E-state index contributed by atoms with van der Waals surface area (Å²) in [7, 11) is 3.14. The summed E-state index contributed by atoms with van der Waals surface area (Å²) in [6, 6.07) is 12.8. The summed E-state index contributed by atoms with van der Waals surface area (Å²) in [5, 5.41) is 0.902. The van der Waals surface area contributed by atoms with Crippen LogP contribution < -0.4 is 24.0 Å². The number of thiazole rings is 1. The number of fused-ring (bicyclic) bond motifs is 9. The molecular weight excluding hydrogens is 631 g/mol. The standard InChI is InChI=1S/C33H33N3O8S2/c1-41-18-6-4-17(5-7-18)36-31(38)26-19-14-20(27(26)32(36)39)28-25(19)24(29-30(45-28)34-33(40)46-29)16-3-8-21(22(13-16)42-2)44-15-23(37)35-9-11-43-12-10-35/h3-8,13,19-20,24-28H,9-12,14-15H2,1-2H3,(H,34,40)/t19-,20-,24+,25-,26+,27+,28-/m1/s1. The summed E-state index contributed by atoms with van der Waals surface area (Å²) < 4.78 is 22.3. The SMILES string of the molecule is COc1ccc(N2C(=O)[C@H]3[C@H]4C[C@@H]([C@@H]3C2=O)[C@@H]2[C@H](c3ccc(OCC(=O)N5CCOCC5)c(OC)c3)c3sc(=O)[nH]c3S[C@H]42)cc1. The number of morpholine rings is 1. The zero-order chi connectivity index (χ0) is 31.7. The fraction of sp³-hybridized carbons (Fsp3) is 0.455. The van der Waals surface area contributed by atoms with Gasteiger partial charge in [-0.2, -0.15) is 0 Å². The van der Waals surface area contributed by atoms with Gasteiger partial charge in [-0.1, -0.05) is 17.4 Å². The fourth-order valence-corrected chi connectivity index (χ4v) is 11.3. The average molecular weight is 664 g/mol. The number of aromatic amines is 1. The van der Waals surface area contributed by atoms with Crippen molar-refractivity contribution in [2.45, 2.75) is 22.6 Å². The Bertz CT molecular complexity index is 1770. The van der Waals surface area contributed by atoms with Crippen molar-refractivity contribution in [1.82, 2.24) is 9.88 Å². The average Bonchev–Trinajstić information content (AvgIpc) is 3.82. The van der Waals surface area contributed by atoms with E-state index in [1.54, 1.807) is 55.1 Å². The molecule has 3 amide bonds. The molecule has 2 aromatic carbocycles. The lowest BCUT2D eigenvalue weighted by Crippen LogP contribution is -2.43. The first-order valence-corrected chi connectivity index (χ1v) is 17.1. The van der Waals surface area contributed by atoms with Crippen molar-refractivity contribution in [3.05, 3.63) is 62.6 Å². The predicted octanol–water partition coefficient (Wildman–Crippen LogP) is 3.37. The van der Waals surface area contributed by atoms with Crippen molar-refractivity contribution in [3.63, 3.8) is 0 Å². The molecule has 1 N–H and O–H groups in total. The molecule has 2 saturated heterocycles. The first-order valence-electron chi connectivity index (χ1n) is 15.5. The lowest BCUT2D eigenvalue weighted by Gasteiger charge is -2.43. The molecule has 2 saturated carbocycles. The Hall–Kier alpha value is -3.81. The van der Waals surface area contributed by atoms with Crippen LogP contribution in [0.1, 0.15) is 22.8 Å². The van der Waals surface area contributed by atoms with Gasteiger partial charge in [-0.05, 0) is 66.1 Å². The molecule has 2 aliphatic carbocycles. The van der Waals surface area contributed by atoms with E-state index in [4.69, 9.17) is 18.9 Å². The highest BCUT2D eigenvalue weighted by atomic mass is 32.2. The van der Waals surface area contributed by atoms with Gasteiger partial charge in [0.05, 0.1) is 50.0 Å². The number of aromatic nitrogens is 1. The molecule has 7 atom stereocenters. The van der Waals surface area contributed by atoms with E-state index >= 15 is 0 Å². The third-order valence-corrected chi connectivity index (χ3v) is 12.9. The van der Waals surface area contributed by atoms with Crippen molar-refractivity contribution in [3.8, 4) is 17.2 Å². The predicted molar refractivity (Wildman–Crippen MR) is 170 cm³/mol. The number of thioether (sulfide) groups is 1. The molecule has 0 unspecified atom stereocenters. The topological polar surface area (TPSA) is 127 Å². The number of hydrogen-bond donors (Lipinski definition) is 1. The molecule has 46 heavy (non-hydrogen) atoms. The molecule has 3 aromatic rings. The summed E-state index contributed by atoms with van der Waals surface area (Å²) in [4.78, 5) is 60.3. The Kier molecular flexibility index (Phi) is 7.37. The zero-order valence-corrected chi connectivity index (χ0v) is 26.9. The van der Waals surface area contributed by atoms with Gasteiger partial charge in [0.15, 0.2) is 18.1 Å². The number of nitrogens with zero attached hydrogens (tertiary/aromatic N) is 2. The highest BCUT2D eigenvalue weighted by Gasteiger charge is 2.69. The second kappa shape index (κ2) is 11.5. The second-order valence-corrected chi connectivity index (χ2v) is 14.6. The fourth-order valence-electron chi connectivity index (χ4n) is 8.42. The van der Waals surface area contributed by atoms with Crippen LogP contribution in [-0.4, -0.2) is 80.0 Å². The molecule has 11 nitrogen and oxygen atoms in total. The molecule has 1 aromatic heterocycles. The van der Waals surface area contributed by atoms with E-state index in [2.05, 4.69) is 4.98 Å². The van der Waals surface area contributed by atoms with E-state index in [1.165, 1.54) is 16.2 Å². The Morgan fingerprint density at radius 3 is 2.41 bits per heavy atom. The normalized spacial score (nSPS) is 29.4. The number of carbonyl (C=O) groups excluding carboxylic acids is 3. The number of rotatable bonds is 7. The Morgan fingerprint density at radius 2 is 1.70 bits per heavy atom. The number of anilines is 1. The number of carbonyl (C=O) groups is 3. The van der Waals surface area contributed by atoms with Crippen molar-refractivity contribution in [1.29, 1.82) is 0 Å². The van der Waals surface area contributed by atoms with E-state index in [-0.39, 0.29) is 64.0 Å². The van der Waals surface area contributed by atoms with E-state index in [0.717, 1.165) is 21.9 Å². The quantitative estimate of drug-likeness (QED) is 0.379. The van der Waals surface area contributed by atoms with Gasteiger partial charge in [0.2, 0.25) is 11.8 Å². The summed E-state index contributed by atoms with van der Waals surface area (Å²) in [5.74, 6) is 0.295.